The second-order valence-corrected chi connectivity index (χ2v) is 7.54. The van der Waals surface area contributed by atoms with Crippen molar-refractivity contribution in [2.75, 3.05) is 20.1 Å². The number of hydrogen-bond acceptors (Lipinski definition) is 5. The van der Waals surface area contributed by atoms with Crippen molar-refractivity contribution in [2.24, 2.45) is 7.05 Å². The van der Waals surface area contributed by atoms with Crippen molar-refractivity contribution in [3.8, 4) is 5.75 Å². The number of para-hydroxylation sites is 1. The lowest BCUT2D eigenvalue weighted by molar-refractivity contribution is -0.0196. The molecule has 7 heteroatoms. The van der Waals surface area contributed by atoms with Crippen LogP contribution in [0.5, 0.6) is 5.75 Å². The highest BCUT2D eigenvalue weighted by atomic mass is 16.5. The number of fused-ring (bicyclic) bond motifs is 1. The van der Waals surface area contributed by atoms with E-state index in [2.05, 4.69) is 22.4 Å². The number of carbonyl (C=O) groups is 1. The van der Waals surface area contributed by atoms with Crippen LogP contribution >= 0.6 is 0 Å². The van der Waals surface area contributed by atoms with Gasteiger partial charge in [0.05, 0.1) is 6.04 Å². The Morgan fingerprint density at radius 1 is 1.19 bits per heavy atom. The smallest absolute Gasteiger partial charge is 0.272 e. The van der Waals surface area contributed by atoms with Gasteiger partial charge in [0.2, 0.25) is 0 Å². The molecule has 2 aromatic rings. The summed E-state index contributed by atoms with van der Waals surface area (Å²) in [7, 11) is 3.66. The van der Waals surface area contributed by atoms with Crippen LogP contribution in [0.15, 0.2) is 41.2 Å². The van der Waals surface area contributed by atoms with Crippen LogP contribution in [-0.2, 0) is 7.05 Å². The van der Waals surface area contributed by atoms with Gasteiger partial charge in [0.15, 0.2) is 0 Å². The third kappa shape index (κ3) is 3.47. The molecule has 0 bridgehead atoms. The van der Waals surface area contributed by atoms with E-state index >= 15 is 0 Å². The van der Waals surface area contributed by atoms with E-state index in [0.29, 0.717) is 0 Å². The van der Waals surface area contributed by atoms with Gasteiger partial charge in [-0.2, -0.15) is 5.10 Å². The van der Waals surface area contributed by atoms with E-state index in [9.17, 15) is 9.59 Å². The lowest BCUT2D eigenvalue weighted by Gasteiger charge is -2.46. The number of piperidine rings is 1. The van der Waals surface area contributed by atoms with Crippen molar-refractivity contribution in [1.82, 2.24) is 20.0 Å². The highest BCUT2D eigenvalue weighted by Gasteiger charge is 2.43. The average molecular weight is 368 g/mol. The number of hydrogen-bond donors (Lipinski definition) is 1. The van der Waals surface area contributed by atoms with E-state index in [4.69, 9.17) is 4.74 Å². The van der Waals surface area contributed by atoms with Crippen LogP contribution in [0.25, 0.3) is 0 Å². The molecular formula is C20H24N4O3. The Morgan fingerprint density at radius 2 is 1.93 bits per heavy atom. The molecule has 0 saturated carbocycles. The van der Waals surface area contributed by atoms with Crippen LogP contribution in [0, 0.1) is 0 Å². The third-order valence-corrected chi connectivity index (χ3v) is 5.59. The number of carbonyl (C=O) groups excluding carboxylic acids is 1. The number of aromatic nitrogens is 2. The molecule has 0 radical (unpaired) electrons. The summed E-state index contributed by atoms with van der Waals surface area (Å²) in [6.45, 7) is 1.95. The summed E-state index contributed by atoms with van der Waals surface area (Å²) in [5.41, 5.74) is 0.724. The third-order valence-electron chi connectivity index (χ3n) is 5.59. The first-order chi connectivity index (χ1) is 13.0. The largest absolute Gasteiger partial charge is 0.487 e. The van der Waals surface area contributed by atoms with Crippen molar-refractivity contribution in [3.63, 3.8) is 0 Å². The van der Waals surface area contributed by atoms with Gasteiger partial charge in [0.1, 0.15) is 17.0 Å². The fourth-order valence-electron chi connectivity index (χ4n) is 3.93. The minimum Gasteiger partial charge on any atom is -0.487 e. The number of aryl methyl sites for hydroxylation is 1. The molecular weight excluding hydrogens is 344 g/mol. The maximum Gasteiger partial charge on any atom is 0.272 e. The summed E-state index contributed by atoms with van der Waals surface area (Å²) in [5, 5.41) is 7.17. The van der Waals surface area contributed by atoms with Crippen molar-refractivity contribution in [3.05, 3.63) is 58.0 Å². The summed E-state index contributed by atoms with van der Waals surface area (Å²) in [6.07, 6.45) is 2.60. The maximum absolute atomic E-state index is 12.8. The van der Waals surface area contributed by atoms with Crippen molar-refractivity contribution >= 4 is 5.91 Å². The van der Waals surface area contributed by atoms with Crippen molar-refractivity contribution < 1.29 is 9.53 Å². The molecule has 1 aromatic heterocycles. The van der Waals surface area contributed by atoms with Gasteiger partial charge in [-0.3, -0.25) is 9.59 Å². The first-order valence-electron chi connectivity index (χ1n) is 9.27. The van der Waals surface area contributed by atoms with Crippen LogP contribution in [0.2, 0.25) is 0 Å². The SMILES string of the molecule is CN1CCC2(CC1)C[C@H](NC(=O)c1ccc(=O)n(C)n1)c1ccccc1O2. The molecule has 1 N–H and O–H groups in total. The fourth-order valence-corrected chi connectivity index (χ4v) is 3.93. The van der Waals surface area contributed by atoms with Gasteiger partial charge in [-0.05, 0) is 32.0 Å². The molecule has 1 aromatic carbocycles. The predicted octanol–water partition coefficient (Wildman–Crippen LogP) is 1.50. The number of likely N-dealkylation sites (tertiary alicyclic amines) is 1. The zero-order valence-corrected chi connectivity index (χ0v) is 15.6. The van der Waals surface area contributed by atoms with Gasteiger partial charge < -0.3 is 15.0 Å². The fraction of sp³-hybridized carbons (Fsp3) is 0.450. The maximum atomic E-state index is 12.8. The quantitative estimate of drug-likeness (QED) is 0.869. The number of rotatable bonds is 2. The van der Waals surface area contributed by atoms with E-state index in [1.807, 2.05) is 24.3 Å². The molecule has 1 saturated heterocycles. The summed E-state index contributed by atoms with van der Waals surface area (Å²) in [4.78, 5) is 26.6. The monoisotopic (exact) mass is 368 g/mol. The topological polar surface area (TPSA) is 76.5 Å². The zero-order valence-electron chi connectivity index (χ0n) is 15.6. The number of nitrogens with zero attached hydrogens (tertiary/aromatic N) is 3. The molecule has 0 unspecified atom stereocenters. The number of nitrogens with one attached hydrogen (secondary N) is 1. The molecule has 1 fully saturated rings. The van der Waals surface area contributed by atoms with E-state index in [1.54, 1.807) is 0 Å². The standard InChI is InChI=1S/C20H24N4O3/c1-23-11-9-20(10-12-23)13-16(14-5-3-4-6-17(14)27-20)21-19(26)15-7-8-18(25)24(2)22-15/h3-8,16H,9-13H2,1-2H3,(H,21,26)/t16-/m0/s1. The van der Waals surface area contributed by atoms with E-state index in [0.717, 1.165) is 43.7 Å². The Balaban J connectivity index is 1.61. The van der Waals surface area contributed by atoms with Crippen LogP contribution < -0.4 is 15.6 Å². The van der Waals surface area contributed by atoms with Gasteiger partial charge in [0, 0.05) is 38.2 Å². The normalized spacial score (nSPS) is 21.3. The Bertz CT molecular complexity index is 915. The second-order valence-electron chi connectivity index (χ2n) is 7.54. The molecule has 4 rings (SSSR count). The van der Waals surface area contributed by atoms with E-state index in [1.165, 1.54) is 23.9 Å². The molecule has 7 nitrogen and oxygen atoms in total. The summed E-state index contributed by atoms with van der Waals surface area (Å²) in [5.74, 6) is 0.558. The first kappa shape index (κ1) is 17.7. The Hall–Kier alpha value is -2.67. The first-order valence-corrected chi connectivity index (χ1v) is 9.27. The van der Waals surface area contributed by atoms with Gasteiger partial charge >= 0.3 is 0 Å². The minimum atomic E-state index is -0.282. The molecule has 2 aliphatic rings. The minimum absolute atomic E-state index is 0.148. The average Bonchev–Trinajstić information content (AvgIpc) is 2.66. The van der Waals surface area contributed by atoms with E-state index < -0.39 is 0 Å². The summed E-state index contributed by atoms with van der Waals surface area (Å²) >= 11 is 0. The van der Waals surface area contributed by atoms with Crippen molar-refractivity contribution in [1.29, 1.82) is 0 Å². The molecule has 142 valence electrons. The molecule has 2 aliphatic heterocycles. The molecule has 1 spiro atoms. The van der Waals surface area contributed by atoms with Crippen LogP contribution in [0.4, 0.5) is 0 Å². The second kappa shape index (κ2) is 6.81. The highest BCUT2D eigenvalue weighted by molar-refractivity contribution is 5.92. The Labute approximate surface area is 157 Å². The molecule has 3 heterocycles. The summed E-state index contributed by atoms with van der Waals surface area (Å²) < 4.78 is 7.59. The van der Waals surface area contributed by atoms with Gasteiger partial charge in [-0.15, -0.1) is 0 Å². The van der Waals surface area contributed by atoms with Gasteiger partial charge in [0.25, 0.3) is 11.5 Å². The van der Waals surface area contributed by atoms with E-state index in [-0.39, 0.29) is 28.8 Å². The van der Waals surface area contributed by atoms with Crippen LogP contribution in [0.1, 0.15) is 41.4 Å². The molecule has 0 aliphatic carbocycles. The lowest BCUT2D eigenvalue weighted by Crippen LogP contribution is -2.51. The Kier molecular flexibility index (Phi) is 4.47. The molecule has 1 amide bonds. The molecule has 27 heavy (non-hydrogen) atoms. The van der Waals surface area contributed by atoms with Crippen LogP contribution in [-0.4, -0.2) is 46.3 Å². The number of ether oxygens (including phenoxy) is 1. The highest BCUT2D eigenvalue weighted by Crippen LogP contribution is 2.44. The number of benzene rings is 1. The van der Waals surface area contributed by atoms with Gasteiger partial charge in [-0.25, -0.2) is 4.68 Å². The summed E-state index contributed by atoms with van der Waals surface area (Å²) in [6, 6.07) is 10.6. The zero-order chi connectivity index (χ0) is 19.0. The number of amides is 1. The lowest BCUT2D eigenvalue weighted by atomic mass is 9.80. The Morgan fingerprint density at radius 3 is 2.67 bits per heavy atom. The predicted molar refractivity (Wildman–Crippen MR) is 101 cm³/mol. The van der Waals surface area contributed by atoms with Crippen LogP contribution in [0.3, 0.4) is 0 Å². The van der Waals surface area contributed by atoms with Crippen molar-refractivity contribution in [2.45, 2.75) is 30.9 Å². The molecule has 1 atom stereocenters. The van der Waals surface area contributed by atoms with Gasteiger partial charge in [-0.1, -0.05) is 18.2 Å².